The lowest BCUT2D eigenvalue weighted by molar-refractivity contribution is -0.119. The topological polar surface area (TPSA) is 63.9 Å². The minimum Gasteiger partial charge on any atom is -0.308 e. The number of carbonyl (C=O) groups excluding carboxylic acids is 1. The van der Waals surface area contributed by atoms with Crippen molar-refractivity contribution >= 4 is 23.2 Å². The molecule has 0 atom stereocenters. The molecule has 1 heterocycles. The SMILES string of the molecule is CC(C)N(C(=O)Cn1nnc(-c2ccc(Cl)cc2)n1)c1ccccc1. The molecule has 3 aromatic rings. The first kappa shape index (κ1) is 17.1. The quantitative estimate of drug-likeness (QED) is 0.703. The zero-order valence-electron chi connectivity index (χ0n) is 14.0. The van der Waals surface area contributed by atoms with Crippen LogP contribution in [0.2, 0.25) is 5.02 Å². The van der Waals surface area contributed by atoms with Crippen molar-refractivity contribution < 1.29 is 4.79 Å². The number of tetrazole rings is 1. The fraction of sp³-hybridized carbons (Fsp3) is 0.222. The van der Waals surface area contributed by atoms with Crippen LogP contribution < -0.4 is 4.90 Å². The van der Waals surface area contributed by atoms with Gasteiger partial charge in [0.15, 0.2) is 0 Å². The van der Waals surface area contributed by atoms with E-state index in [9.17, 15) is 4.79 Å². The molecule has 1 amide bonds. The van der Waals surface area contributed by atoms with Crippen molar-refractivity contribution in [2.75, 3.05) is 4.90 Å². The van der Waals surface area contributed by atoms with Gasteiger partial charge in [0.25, 0.3) is 5.91 Å². The summed E-state index contributed by atoms with van der Waals surface area (Å²) in [6, 6.07) is 16.7. The number of halogens is 1. The van der Waals surface area contributed by atoms with E-state index in [4.69, 9.17) is 11.6 Å². The fourth-order valence-electron chi connectivity index (χ4n) is 2.54. The molecule has 0 spiro atoms. The van der Waals surface area contributed by atoms with E-state index < -0.39 is 0 Å². The Balaban J connectivity index is 1.77. The smallest absolute Gasteiger partial charge is 0.250 e. The molecule has 2 aromatic carbocycles. The summed E-state index contributed by atoms with van der Waals surface area (Å²) in [7, 11) is 0. The summed E-state index contributed by atoms with van der Waals surface area (Å²) in [6.07, 6.45) is 0. The molecule has 7 heteroatoms. The molecule has 25 heavy (non-hydrogen) atoms. The number of nitrogens with zero attached hydrogens (tertiary/aromatic N) is 5. The average Bonchev–Trinajstić information content (AvgIpc) is 3.04. The minimum atomic E-state index is -0.0961. The maximum Gasteiger partial charge on any atom is 0.250 e. The van der Waals surface area contributed by atoms with E-state index in [1.54, 1.807) is 17.0 Å². The molecular formula is C18H18ClN5O. The molecule has 0 saturated heterocycles. The highest BCUT2D eigenvalue weighted by Gasteiger charge is 2.20. The third kappa shape index (κ3) is 4.03. The van der Waals surface area contributed by atoms with Crippen molar-refractivity contribution in [3.63, 3.8) is 0 Å². The van der Waals surface area contributed by atoms with Crippen LogP contribution in [-0.2, 0) is 11.3 Å². The molecule has 0 aliphatic carbocycles. The van der Waals surface area contributed by atoms with Gasteiger partial charge in [-0.25, -0.2) is 0 Å². The summed E-state index contributed by atoms with van der Waals surface area (Å²) in [5.74, 6) is 0.363. The lowest BCUT2D eigenvalue weighted by atomic mass is 10.2. The summed E-state index contributed by atoms with van der Waals surface area (Å²) in [6.45, 7) is 3.96. The molecule has 0 bridgehead atoms. The molecule has 0 aliphatic heterocycles. The van der Waals surface area contributed by atoms with E-state index in [1.807, 2.05) is 56.3 Å². The molecular weight excluding hydrogens is 338 g/mol. The number of aromatic nitrogens is 4. The van der Waals surface area contributed by atoms with Gasteiger partial charge in [0.05, 0.1) is 0 Å². The number of benzene rings is 2. The lowest BCUT2D eigenvalue weighted by Crippen LogP contribution is -2.39. The first-order valence-corrected chi connectivity index (χ1v) is 8.33. The van der Waals surface area contributed by atoms with Gasteiger partial charge in [0.2, 0.25) is 5.82 Å². The van der Waals surface area contributed by atoms with Crippen molar-refractivity contribution in [2.45, 2.75) is 26.4 Å². The highest BCUT2D eigenvalue weighted by atomic mass is 35.5. The standard InChI is InChI=1S/C18H18ClN5O/c1-13(2)24(16-6-4-3-5-7-16)17(25)12-23-21-18(20-22-23)14-8-10-15(19)11-9-14/h3-11,13H,12H2,1-2H3. The highest BCUT2D eigenvalue weighted by Crippen LogP contribution is 2.18. The summed E-state index contributed by atoms with van der Waals surface area (Å²) in [5.41, 5.74) is 1.65. The van der Waals surface area contributed by atoms with Crippen molar-refractivity contribution in [1.82, 2.24) is 20.2 Å². The number of anilines is 1. The van der Waals surface area contributed by atoms with Crippen LogP contribution in [0.15, 0.2) is 54.6 Å². The molecule has 3 rings (SSSR count). The van der Waals surface area contributed by atoms with Gasteiger partial charge >= 0.3 is 0 Å². The van der Waals surface area contributed by atoms with Gasteiger partial charge in [-0.15, -0.1) is 10.2 Å². The molecule has 6 nitrogen and oxygen atoms in total. The zero-order chi connectivity index (χ0) is 17.8. The van der Waals surface area contributed by atoms with Crippen LogP contribution in [0.5, 0.6) is 0 Å². The second kappa shape index (κ2) is 7.44. The maximum atomic E-state index is 12.7. The van der Waals surface area contributed by atoms with Gasteiger partial charge in [-0.2, -0.15) is 4.80 Å². The van der Waals surface area contributed by atoms with Crippen LogP contribution in [0, 0.1) is 0 Å². The summed E-state index contributed by atoms with van der Waals surface area (Å²) in [5, 5.41) is 12.9. The first-order chi connectivity index (χ1) is 12.0. The van der Waals surface area contributed by atoms with Gasteiger partial charge in [0.1, 0.15) is 6.54 Å². The zero-order valence-corrected chi connectivity index (χ0v) is 14.8. The summed E-state index contributed by atoms with van der Waals surface area (Å²) in [4.78, 5) is 15.8. The van der Waals surface area contributed by atoms with Crippen LogP contribution in [0.25, 0.3) is 11.4 Å². The Morgan fingerprint density at radius 2 is 1.80 bits per heavy atom. The lowest BCUT2D eigenvalue weighted by Gasteiger charge is -2.26. The second-order valence-electron chi connectivity index (χ2n) is 5.84. The van der Waals surface area contributed by atoms with Crippen LogP contribution in [0.4, 0.5) is 5.69 Å². The molecule has 1 aromatic heterocycles. The van der Waals surface area contributed by atoms with Crippen molar-refractivity contribution in [3.8, 4) is 11.4 Å². The third-order valence-electron chi connectivity index (χ3n) is 3.65. The van der Waals surface area contributed by atoms with Gasteiger partial charge in [-0.05, 0) is 55.5 Å². The van der Waals surface area contributed by atoms with Crippen LogP contribution in [0.3, 0.4) is 0 Å². The van der Waals surface area contributed by atoms with Crippen LogP contribution in [-0.4, -0.2) is 32.2 Å². The minimum absolute atomic E-state index is 0.0215. The largest absolute Gasteiger partial charge is 0.308 e. The van der Waals surface area contributed by atoms with E-state index in [0.717, 1.165) is 11.3 Å². The normalized spacial score (nSPS) is 10.9. The third-order valence-corrected chi connectivity index (χ3v) is 3.90. The van der Waals surface area contributed by atoms with Crippen LogP contribution in [0.1, 0.15) is 13.8 Å². The van der Waals surface area contributed by atoms with E-state index in [-0.39, 0.29) is 18.5 Å². The molecule has 128 valence electrons. The summed E-state index contributed by atoms with van der Waals surface area (Å²) < 4.78 is 0. The van der Waals surface area contributed by atoms with Crippen molar-refractivity contribution in [2.24, 2.45) is 0 Å². The summed E-state index contributed by atoms with van der Waals surface area (Å²) >= 11 is 5.88. The number of hydrogen-bond acceptors (Lipinski definition) is 4. The number of para-hydroxylation sites is 1. The first-order valence-electron chi connectivity index (χ1n) is 7.95. The Labute approximate surface area is 151 Å². The molecule has 0 unspecified atom stereocenters. The van der Waals surface area contributed by atoms with Gasteiger partial charge in [-0.3, -0.25) is 4.79 Å². The molecule has 0 N–H and O–H groups in total. The predicted octanol–water partition coefficient (Wildman–Crippen LogP) is 3.44. The Kier molecular flexibility index (Phi) is 5.09. The monoisotopic (exact) mass is 355 g/mol. The van der Waals surface area contributed by atoms with E-state index in [0.29, 0.717) is 10.8 Å². The van der Waals surface area contributed by atoms with E-state index >= 15 is 0 Å². The number of rotatable bonds is 5. The Hall–Kier alpha value is -2.73. The van der Waals surface area contributed by atoms with E-state index in [1.165, 1.54) is 4.80 Å². The van der Waals surface area contributed by atoms with Gasteiger partial charge < -0.3 is 4.90 Å². The maximum absolute atomic E-state index is 12.7. The second-order valence-corrected chi connectivity index (χ2v) is 6.28. The number of carbonyl (C=O) groups is 1. The number of hydrogen-bond donors (Lipinski definition) is 0. The predicted molar refractivity (Wildman–Crippen MR) is 97.3 cm³/mol. The Morgan fingerprint density at radius 3 is 2.44 bits per heavy atom. The average molecular weight is 356 g/mol. The van der Waals surface area contributed by atoms with Crippen LogP contribution >= 0.6 is 11.6 Å². The molecule has 0 aliphatic rings. The molecule has 0 saturated carbocycles. The van der Waals surface area contributed by atoms with Crippen molar-refractivity contribution in [3.05, 3.63) is 59.6 Å². The number of amides is 1. The molecule has 0 fully saturated rings. The Morgan fingerprint density at radius 1 is 1.12 bits per heavy atom. The van der Waals surface area contributed by atoms with E-state index in [2.05, 4.69) is 15.4 Å². The molecule has 0 radical (unpaired) electrons. The Bertz CT molecular complexity index is 845. The van der Waals surface area contributed by atoms with Crippen molar-refractivity contribution in [1.29, 1.82) is 0 Å². The van der Waals surface area contributed by atoms with Gasteiger partial charge in [0, 0.05) is 22.3 Å². The fourth-order valence-corrected chi connectivity index (χ4v) is 2.67. The highest BCUT2D eigenvalue weighted by molar-refractivity contribution is 6.30. The van der Waals surface area contributed by atoms with Gasteiger partial charge in [-0.1, -0.05) is 29.8 Å².